The first-order chi connectivity index (χ1) is 9.65. The van der Waals surface area contributed by atoms with E-state index in [-0.39, 0.29) is 11.9 Å². The molecule has 2 aromatic rings. The van der Waals surface area contributed by atoms with Gasteiger partial charge in [-0.3, -0.25) is 9.78 Å². The largest absolute Gasteiger partial charge is 0.448 e. The van der Waals surface area contributed by atoms with Gasteiger partial charge in [-0.05, 0) is 50.3 Å². The molecule has 1 aliphatic carbocycles. The Morgan fingerprint density at radius 3 is 2.80 bits per heavy atom. The van der Waals surface area contributed by atoms with Crippen LogP contribution in [0, 0.1) is 19.8 Å². The van der Waals surface area contributed by atoms with Crippen molar-refractivity contribution in [2.45, 2.75) is 32.7 Å². The summed E-state index contributed by atoms with van der Waals surface area (Å²) < 4.78 is 5.08. The van der Waals surface area contributed by atoms with Crippen LogP contribution in [-0.2, 0) is 0 Å². The van der Waals surface area contributed by atoms with Gasteiger partial charge in [0.05, 0.1) is 11.7 Å². The topological polar surface area (TPSA) is 68.0 Å². The fourth-order valence-electron chi connectivity index (χ4n) is 2.33. The van der Waals surface area contributed by atoms with Crippen LogP contribution in [-0.4, -0.2) is 15.9 Å². The summed E-state index contributed by atoms with van der Waals surface area (Å²) in [6, 6.07) is 3.94. The monoisotopic (exact) mass is 271 g/mol. The Hall–Kier alpha value is -2.17. The van der Waals surface area contributed by atoms with E-state index in [1.54, 1.807) is 13.1 Å². The van der Waals surface area contributed by atoms with Crippen molar-refractivity contribution in [1.82, 2.24) is 15.3 Å². The average Bonchev–Trinajstić information content (AvgIpc) is 3.17. The fraction of sp³-hybridized carbons (Fsp3) is 0.400. The maximum atomic E-state index is 12.3. The molecule has 20 heavy (non-hydrogen) atoms. The molecular formula is C15H17N3O2. The summed E-state index contributed by atoms with van der Waals surface area (Å²) in [4.78, 5) is 20.6. The van der Waals surface area contributed by atoms with E-state index in [2.05, 4.69) is 15.3 Å². The molecule has 0 radical (unpaired) electrons. The normalized spacial score (nSPS) is 15.9. The van der Waals surface area contributed by atoms with Crippen molar-refractivity contribution in [3.63, 3.8) is 0 Å². The van der Waals surface area contributed by atoms with Gasteiger partial charge in [0.2, 0.25) is 0 Å². The highest BCUT2D eigenvalue weighted by molar-refractivity contribution is 5.93. The van der Waals surface area contributed by atoms with Gasteiger partial charge in [-0.2, -0.15) is 0 Å². The van der Waals surface area contributed by atoms with E-state index in [1.807, 2.05) is 19.1 Å². The number of hydrogen-bond donors (Lipinski definition) is 1. The molecule has 1 amide bonds. The maximum absolute atomic E-state index is 12.3. The zero-order valence-corrected chi connectivity index (χ0v) is 11.6. The Balaban J connectivity index is 1.82. The summed E-state index contributed by atoms with van der Waals surface area (Å²) >= 11 is 0. The number of aromatic nitrogens is 2. The van der Waals surface area contributed by atoms with E-state index in [9.17, 15) is 4.79 Å². The molecular weight excluding hydrogens is 254 g/mol. The number of carbonyl (C=O) groups is 1. The smallest absolute Gasteiger partial charge is 0.274 e. The SMILES string of the molecule is Cc1ccnc(C(NC(=O)c2ncoc2C)C2CC2)c1. The second kappa shape index (κ2) is 5.07. The number of nitrogens with zero attached hydrogens (tertiary/aromatic N) is 2. The van der Waals surface area contributed by atoms with Crippen molar-refractivity contribution in [3.05, 3.63) is 47.4 Å². The van der Waals surface area contributed by atoms with Gasteiger partial charge in [0, 0.05) is 6.20 Å². The summed E-state index contributed by atoms with van der Waals surface area (Å²) in [7, 11) is 0. The maximum Gasteiger partial charge on any atom is 0.274 e. The van der Waals surface area contributed by atoms with Crippen LogP contribution < -0.4 is 5.32 Å². The van der Waals surface area contributed by atoms with E-state index < -0.39 is 0 Å². The molecule has 1 fully saturated rings. The van der Waals surface area contributed by atoms with Crippen LogP contribution in [0.15, 0.2) is 29.1 Å². The van der Waals surface area contributed by atoms with Crippen LogP contribution in [0.25, 0.3) is 0 Å². The molecule has 0 bridgehead atoms. The molecule has 0 saturated heterocycles. The third kappa shape index (κ3) is 2.57. The summed E-state index contributed by atoms with van der Waals surface area (Å²) in [5.74, 6) is 0.811. The third-order valence-electron chi connectivity index (χ3n) is 3.60. The number of pyridine rings is 1. The van der Waals surface area contributed by atoms with Gasteiger partial charge in [0.25, 0.3) is 5.91 Å². The molecule has 0 aliphatic heterocycles. The molecule has 0 aromatic carbocycles. The zero-order valence-electron chi connectivity index (χ0n) is 11.6. The van der Waals surface area contributed by atoms with Crippen LogP contribution in [0.2, 0.25) is 0 Å². The minimum atomic E-state index is -0.198. The first kappa shape index (κ1) is 12.8. The molecule has 1 aliphatic rings. The summed E-state index contributed by atoms with van der Waals surface area (Å²) in [6.07, 6.45) is 5.32. The number of carbonyl (C=O) groups excluding carboxylic acids is 1. The van der Waals surface area contributed by atoms with E-state index in [0.29, 0.717) is 17.4 Å². The van der Waals surface area contributed by atoms with Crippen molar-refractivity contribution in [1.29, 1.82) is 0 Å². The van der Waals surface area contributed by atoms with Gasteiger partial charge < -0.3 is 9.73 Å². The summed E-state index contributed by atoms with van der Waals surface area (Å²) in [5, 5.41) is 3.04. The second-order valence-corrected chi connectivity index (χ2v) is 5.30. The number of nitrogens with one attached hydrogen (secondary N) is 1. The van der Waals surface area contributed by atoms with Crippen molar-refractivity contribution in [2.75, 3.05) is 0 Å². The van der Waals surface area contributed by atoms with E-state index in [1.165, 1.54) is 6.39 Å². The number of aryl methyl sites for hydroxylation is 2. The quantitative estimate of drug-likeness (QED) is 0.928. The second-order valence-electron chi connectivity index (χ2n) is 5.30. The van der Waals surface area contributed by atoms with Gasteiger partial charge in [0.15, 0.2) is 12.1 Å². The van der Waals surface area contributed by atoms with Crippen LogP contribution in [0.1, 0.15) is 46.4 Å². The Bertz CT molecular complexity index is 632. The third-order valence-corrected chi connectivity index (χ3v) is 3.60. The number of hydrogen-bond acceptors (Lipinski definition) is 4. The molecule has 2 heterocycles. The molecule has 1 unspecified atom stereocenters. The van der Waals surface area contributed by atoms with E-state index >= 15 is 0 Å². The lowest BCUT2D eigenvalue weighted by Gasteiger charge is -2.17. The van der Waals surface area contributed by atoms with Gasteiger partial charge in [0.1, 0.15) is 5.76 Å². The predicted molar refractivity (Wildman–Crippen MR) is 73.1 cm³/mol. The number of oxazole rings is 1. The molecule has 1 N–H and O–H groups in total. The lowest BCUT2D eigenvalue weighted by molar-refractivity contribution is 0.0924. The molecule has 2 aromatic heterocycles. The molecule has 3 rings (SSSR count). The molecule has 1 atom stereocenters. The van der Waals surface area contributed by atoms with Gasteiger partial charge in [-0.25, -0.2) is 4.98 Å². The summed E-state index contributed by atoms with van der Waals surface area (Å²) in [6.45, 7) is 3.76. The van der Waals surface area contributed by atoms with Crippen LogP contribution >= 0.6 is 0 Å². The summed E-state index contributed by atoms with van der Waals surface area (Å²) in [5.41, 5.74) is 2.41. The Morgan fingerprint density at radius 2 is 2.20 bits per heavy atom. The highest BCUT2D eigenvalue weighted by Crippen LogP contribution is 2.40. The van der Waals surface area contributed by atoms with Crippen molar-refractivity contribution in [2.24, 2.45) is 5.92 Å². The molecule has 5 heteroatoms. The first-order valence-corrected chi connectivity index (χ1v) is 6.78. The van der Waals surface area contributed by atoms with Gasteiger partial charge >= 0.3 is 0 Å². The lowest BCUT2D eigenvalue weighted by atomic mass is 10.1. The molecule has 5 nitrogen and oxygen atoms in total. The average molecular weight is 271 g/mol. The highest BCUT2D eigenvalue weighted by Gasteiger charge is 2.35. The minimum Gasteiger partial charge on any atom is -0.448 e. The minimum absolute atomic E-state index is 0.0431. The van der Waals surface area contributed by atoms with Crippen molar-refractivity contribution < 1.29 is 9.21 Å². The molecule has 104 valence electrons. The predicted octanol–water partition coefficient (Wildman–Crippen LogP) is 2.57. The Morgan fingerprint density at radius 1 is 1.40 bits per heavy atom. The van der Waals surface area contributed by atoms with Gasteiger partial charge in [-0.1, -0.05) is 0 Å². The fourth-order valence-corrected chi connectivity index (χ4v) is 2.33. The zero-order chi connectivity index (χ0) is 14.1. The van der Waals surface area contributed by atoms with Crippen LogP contribution in [0.5, 0.6) is 0 Å². The first-order valence-electron chi connectivity index (χ1n) is 6.78. The van der Waals surface area contributed by atoms with Crippen molar-refractivity contribution in [3.8, 4) is 0 Å². The molecule has 1 saturated carbocycles. The Labute approximate surface area is 117 Å². The number of rotatable bonds is 4. The van der Waals surface area contributed by atoms with E-state index in [4.69, 9.17) is 4.42 Å². The van der Waals surface area contributed by atoms with Gasteiger partial charge in [-0.15, -0.1) is 0 Å². The van der Waals surface area contributed by atoms with Crippen molar-refractivity contribution >= 4 is 5.91 Å². The van der Waals surface area contributed by atoms with Crippen LogP contribution in [0.3, 0.4) is 0 Å². The Kier molecular flexibility index (Phi) is 3.26. The standard InChI is InChI=1S/C15H17N3O2/c1-9-5-6-16-12(7-9)14(11-3-4-11)18-15(19)13-10(2)20-8-17-13/h5-8,11,14H,3-4H2,1-2H3,(H,18,19). The number of amides is 1. The van der Waals surface area contributed by atoms with E-state index in [0.717, 1.165) is 24.1 Å². The lowest BCUT2D eigenvalue weighted by Crippen LogP contribution is -2.31. The molecule has 0 spiro atoms. The highest BCUT2D eigenvalue weighted by atomic mass is 16.3. The van der Waals surface area contributed by atoms with Crippen LogP contribution in [0.4, 0.5) is 0 Å².